The minimum atomic E-state index is -4.22. The van der Waals surface area contributed by atoms with Crippen LogP contribution in [0.2, 0.25) is 0 Å². The summed E-state index contributed by atoms with van der Waals surface area (Å²) in [6.07, 6.45) is -2.62. The molecule has 0 aromatic rings. The van der Waals surface area contributed by atoms with Gasteiger partial charge in [0.2, 0.25) is 0 Å². The fraction of sp³-hybridized carbons (Fsp3) is 1.00. The van der Waals surface area contributed by atoms with Crippen molar-refractivity contribution in [1.82, 2.24) is 10.6 Å². The summed E-state index contributed by atoms with van der Waals surface area (Å²) in [4.78, 5) is 0. The Bertz CT molecular complexity index is 180. The summed E-state index contributed by atoms with van der Waals surface area (Å²) < 4.78 is 39.7. The molecule has 0 atom stereocenters. The maximum Gasteiger partial charge on any atom is 0.411 e. The van der Waals surface area contributed by atoms with Crippen LogP contribution in [-0.2, 0) is 4.74 Å². The van der Waals surface area contributed by atoms with E-state index < -0.39 is 12.8 Å². The Kier molecular flexibility index (Phi) is 8.56. The minimum absolute atomic E-state index is 0.130. The fourth-order valence-electron chi connectivity index (χ4n) is 1.29. The molecule has 0 amide bonds. The Labute approximate surface area is 107 Å². The number of alkyl halides is 3. The van der Waals surface area contributed by atoms with Crippen molar-refractivity contribution in [3.8, 4) is 0 Å². The van der Waals surface area contributed by atoms with Gasteiger partial charge in [0, 0.05) is 12.1 Å². The molecule has 0 heterocycles. The predicted octanol–water partition coefficient (Wildman–Crippen LogP) is 2.32. The van der Waals surface area contributed by atoms with Crippen LogP contribution < -0.4 is 10.6 Å². The number of hydrogen-bond acceptors (Lipinski definition) is 3. The summed E-state index contributed by atoms with van der Waals surface area (Å²) in [6.45, 7) is 7.81. The second kappa shape index (κ2) is 8.72. The summed E-state index contributed by atoms with van der Waals surface area (Å²) >= 11 is 0. The molecule has 0 aromatic carbocycles. The van der Waals surface area contributed by atoms with Crippen molar-refractivity contribution < 1.29 is 17.9 Å². The van der Waals surface area contributed by atoms with E-state index in [9.17, 15) is 13.2 Å². The lowest BCUT2D eigenvalue weighted by atomic mass is 10.1. The van der Waals surface area contributed by atoms with Crippen molar-refractivity contribution >= 4 is 0 Å². The smallest absolute Gasteiger partial charge is 0.372 e. The van der Waals surface area contributed by atoms with Crippen molar-refractivity contribution in [2.75, 3.05) is 32.8 Å². The summed E-state index contributed by atoms with van der Waals surface area (Å²) in [7, 11) is 0. The standard InChI is InChI=1S/C12H25F3N2O/c1-11(2,3)17-8-4-6-16-7-5-9-18-10-12(13,14)15/h16-17H,4-10H2,1-3H3. The summed E-state index contributed by atoms with van der Waals surface area (Å²) in [5.74, 6) is 0. The Morgan fingerprint density at radius 2 is 1.56 bits per heavy atom. The van der Waals surface area contributed by atoms with Crippen LogP contribution in [0.1, 0.15) is 33.6 Å². The van der Waals surface area contributed by atoms with E-state index in [1.165, 1.54) is 0 Å². The first kappa shape index (κ1) is 17.7. The maximum absolute atomic E-state index is 11.7. The molecule has 6 heteroatoms. The molecule has 0 aliphatic carbocycles. The fourth-order valence-corrected chi connectivity index (χ4v) is 1.29. The topological polar surface area (TPSA) is 33.3 Å². The van der Waals surface area contributed by atoms with Gasteiger partial charge in [-0.25, -0.2) is 0 Å². The van der Waals surface area contributed by atoms with Gasteiger partial charge in [0.05, 0.1) is 0 Å². The first-order valence-electron chi connectivity index (χ1n) is 6.31. The predicted molar refractivity (Wildman–Crippen MR) is 66.7 cm³/mol. The van der Waals surface area contributed by atoms with Gasteiger partial charge in [0.15, 0.2) is 0 Å². The van der Waals surface area contributed by atoms with E-state index in [2.05, 4.69) is 36.1 Å². The molecule has 0 spiro atoms. The van der Waals surface area contributed by atoms with Crippen LogP contribution in [-0.4, -0.2) is 44.6 Å². The van der Waals surface area contributed by atoms with Gasteiger partial charge in [0.1, 0.15) is 6.61 Å². The van der Waals surface area contributed by atoms with Crippen molar-refractivity contribution in [3.63, 3.8) is 0 Å². The molecule has 0 rings (SSSR count). The largest absolute Gasteiger partial charge is 0.411 e. The second-order valence-electron chi connectivity index (χ2n) is 5.30. The maximum atomic E-state index is 11.7. The van der Waals surface area contributed by atoms with E-state index in [1.807, 2.05) is 0 Å². The van der Waals surface area contributed by atoms with Crippen LogP contribution in [0.5, 0.6) is 0 Å². The highest BCUT2D eigenvalue weighted by Gasteiger charge is 2.27. The molecule has 0 saturated carbocycles. The van der Waals surface area contributed by atoms with E-state index in [-0.39, 0.29) is 12.1 Å². The zero-order valence-electron chi connectivity index (χ0n) is 11.5. The van der Waals surface area contributed by atoms with Gasteiger partial charge in [-0.2, -0.15) is 13.2 Å². The van der Waals surface area contributed by atoms with Crippen LogP contribution >= 0.6 is 0 Å². The summed E-state index contributed by atoms with van der Waals surface area (Å²) in [5.41, 5.74) is 0.130. The van der Waals surface area contributed by atoms with Gasteiger partial charge in [-0.15, -0.1) is 0 Å². The molecule has 0 radical (unpaired) electrons. The van der Waals surface area contributed by atoms with Crippen LogP contribution in [0.25, 0.3) is 0 Å². The summed E-state index contributed by atoms with van der Waals surface area (Å²) in [5, 5.41) is 6.53. The lowest BCUT2D eigenvalue weighted by Gasteiger charge is -2.20. The van der Waals surface area contributed by atoms with Crippen molar-refractivity contribution in [2.45, 2.75) is 45.3 Å². The third kappa shape index (κ3) is 15.7. The Morgan fingerprint density at radius 1 is 0.944 bits per heavy atom. The zero-order chi connectivity index (χ0) is 14.1. The van der Waals surface area contributed by atoms with Crippen LogP contribution in [0.3, 0.4) is 0 Å². The van der Waals surface area contributed by atoms with E-state index in [0.29, 0.717) is 13.0 Å². The SMILES string of the molecule is CC(C)(C)NCCCNCCCOCC(F)(F)F. The first-order chi connectivity index (χ1) is 8.21. The quantitative estimate of drug-likeness (QED) is 0.631. The molecule has 3 nitrogen and oxygen atoms in total. The molecule has 0 aromatic heterocycles. The first-order valence-corrected chi connectivity index (χ1v) is 6.31. The highest BCUT2D eigenvalue weighted by Crippen LogP contribution is 2.14. The van der Waals surface area contributed by atoms with Gasteiger partial charge in [0.25, 0.3) is 0 Å². The van der Waals surface area contributed by atoms with Crippen LogP contribution in [0.15, 0.2) is 0 Å². The molecule has 0 bridgehead atoms. The molecular formula is C12H25F3N2O. The number of hydrogen-bond donors (Lipinski definition) is 2. The van der Waals surface area contributed by atoms with E-state index in [0.717, 1.165) is 19.5 Å². The molecule has 0 saturated heterocycles. The van der Waals surface area contributed by atoms with Gasteiger partial charge < -0.3 is 15.4 Å². The van der Waals surface area contributed by atoms with E-state index >= 15 is 0 Å². The Hall–Kier alpha value is -0.330. The van der Waals surface area contributed by atoms with Crippen LogP contribution in [0, 0.1) is 0 Å². The zero-order valence-corrected chi connectivity index (χ0v) is 11.5. The van der Waals surface area contributed by atoms with Gasteiger partial charge in [-0.05, 0) is 53.2 Å². The second-order valence-corrected chi connectivity index (χ2v) is 5.30. The van der Waals surface area contributed by atoms with Crippen LogP contribution in [0.4, 0.5) is 13.2 Å². The van der Waals surface area contributed by atoms with E-state index in [4.69, 9.17) is 0 Å². The average molecular weight is 270 g/mol. The van der Waals surface area contributed by atoms with Gasteiger partial charge >= 0.3 is 6.18 Å². The highest BCUT2D eigenvalue weighted by atomic mass is 19.4. The molecule has 110 valence electrons. The molecular weight excluding hydrogens is 245 g/mol. The molecule has 0 aliphatic rings. The normalized spacial score (nSPS) is 13.0. The Morgan fingerprint density at radius 3 is 2.11 bits per heavy atom. The number of halogens is 3. The number of ether oxygens (including phenoxy) is 1. The lowest BCUT2D eigenvalue weighted by molar-refractivity contribution is -0.173. The summed E-state index contributed by atoms with van der Waals surface area (Å²) in [6, 6.07) is 0. The molecule has 0 fully saturated rings. The number of nitrogens with one attached hydrogen (secondary N) is 2. The monoisotopic (exact) mass is 270 g/mol. The third-order valence-corrected chi connectivity index (χ3v) is 2.09. The highest BCUT2D eigenvalue weighted by molar-refractivity contribution is 4.69. The third-order valence-electron chi connectivity index (χ3n) is 2.09. The van der Waals surface area contributed by atoms with Gasteiger partial charge in [-0.1, -0.05) is 0 Å². The van der Waals surface area contributed by atoms with Gasteiger partial charge in [-0.3, -0.25) is 0 Å². The lowest BCUT2D eigenvalue weighted by Crippen LogP contribution is -2.37. The minimum Gasteiger partial charge on any atom is -0.372 e. The van der Waals surface area contributed by atoms with E-state index in [1.54, 1.807) is 0 Å². The molecule has 18 heavy (non-hydrogen) atoms. The molecule has 0 aliphatic heterocycles. The van der Waals surface area contributed by atoms with Crippen molar-refractivity contribution in [2.24, 2.45) is 0 Å². The molecule has 2 N–H and O–H groups in total. The number of rotatable bonds is 9. The Balaban J connectivity index is 3.13. The van der Waals surface area contributed by atoms with Crippen molar-refractivity contribution in [3.05, 3.63) is 0 Å². The van der Waals surface area contributed by atoms with Crippen molar-refractivity contribution in [1.29, 1.82) is 0 Å². The average Bonchev–Trinajstić information content (AvgIpc) is 2.17. The molecule has 0 unspecified atom stereocenters.